The molecule has 246 valence electrons. The molecule has 0 saturated carbocycles. The number of hydrogen-bond acceptors (Lipinski definition) is 4. The lowest BCUT2D eigenvalue weighted by Gasteiger charge is -2.35. The third-order valence-corrected chi connectivity index (χ3v) is 12.4. The van der Waals surface area contributed by atoms with Crippen molar-refractivity contribution in [1.82, 2.24) is 9.97 Å². The van der Waals surface area contributed by atoms with E-state index in [0.29, 0.717) is 0 Å². The predicted octanol–water partition coefficient (Wildman–Crippen LogP) is 13.5. The highest BCUT2D eigenvalue weighted by Crippen LogP contribution is 2.54. The van der Waals surface area contributed by atoms with E-state index in [1.165, 1.54) is 70.6 Å². The number of fused-ring (bicyclic) bond motifs is 10. The Morgan fingerprint density at radius 3 is 2.09 bits per heavy atom. The third kappa shape index (κ3) is 4.10. The van der Waals surface area contributed by atoms with Gasteiger partial charge in [-0.3, -0.25) is 0 Å². The fourth-order valence-corrected chi connectivity index (χ4v) is 10.1. The van der Waals surface area contributed by atoms with Gasteiger partial charge in [-0.15, -0.1) is 11.3 Å². The summed E-state index contributed by atoms with van der Waals surface area (Å²) >= 11 is 1.79. The van der Waals surface area contributed by atoms with Crippen molar-refractivity contribution in [2.75, 3.05) is 4.90 Å². The Labute approximate surface area is 310 Å². The Hall–Kier alpha value is -6.62. The summed E-state index contributed by atoms with van der Waals surface area (Å²) in [6.07, 6.45) is 0.895. The summed E-state index contributed by atoms with van der Waals surface area (Å²) < 4.78 is 2.35. The monoisotopic (exact) mass is 691 g/mol. The summed E-state index contributed by atoms with van der Waals surface area (Å²) in [5.41, 5.74) is 15.4. The summed E-state index contributed by atoms with van der Waals surface area (Å²) in [5.74, 6) is 0.730. The molecule has 3 heterocycles. The Balaban J connectivity index is 1.15. The van der Waals surface area contributed by atoms with Gasteiger partial charge in [0.1, 0.15) is 0 Å². The van der Waals surface area contributed by atoms with Crippen LogP contribution in [0.5, 0.6) is 0 Å². The lowest BCUT2D eigenvalue weighted by molar-refractivity contribution is 1.20. The van der Waals surface area contributed by atoms with Crippen LogP contribution in [0.3, 0.4) is 0 Å². The summed E-state index contributed by atoms with van der Waals surface area (Å²) in [5, 5.41) is 6.13. The Kier molecular flexibility index (Phi) is 5.99. The molecule has 0 atom stereocenters. The number of rotatable bonds is 3. The van der Waals surface area contributed by atoms with Gasteiger partial charge in [-0.25, -0.2) is 9.97 Å². The molecule has 3 nitrogen and oxygen atoms in total. The van der Waals surface area contributed by atoms with Gasteiger partial charge in [0, 0.05) is 32.2 Å². The maximum atomic E-state index is 5.60. The van der Waals surface area contributed by atoms with Crippen LogP contribution >= 0.6 is 11.3 Å². The van der Waals surface area contributed by atoms with Crippen LogP contribution in [0.1, 0.15) is 11.1 Å². The van der Waals surface area contributed by atoms with Crippen molar-refractivity contribution in [3.05, 3.63) is 175 Å². The van der Waals surface area contributed by atoms with E-state index in [2.05, 4.69) is 169 Å². The van der Waals surface area contributed by atoms with Gasteiger partial charge in [0.15, 0.2) is 5.82 Å². The summed E-state index contributed by atoms with van der Waals surface area (Å²) in [7, 11) is 0. The molecule has 1 aliphatic heterocycles. The molecule has 0 spiro atoms. The van der Waals surface area contributed by atoms with Crippen LogP contribution in [0.15, 0.2) is 164 Å². The minimum Gasteiger partial charge on any atom is -0.308 e. The molecule has 0 fully saturated rings. The number of thiophene rings is 1. The van der Waals surface area contributed by atoms with Gasteiger partial charge < -0.3 is 4.90 Å². The zero-order valence-electron chi connectivity index (χ0n) is 28.5. The highest BCUT2D eigenvalue weighted by atomic mass is 32.1. The van der Waals surface area contributed by atoms with Crippen LogP contribution in [0.4, 0.5) is 17.1 Å². The van der Waals surface area contributed by atoms with E-state index >= 15 is 0 Å². The van der Waals surface area contributed by atoms with Crippen molar-refractivity contribution in [1.29, 1.82) is 0 Å². The molecule has 0 radical (unpaired) electrons. The van der Waals surface area contributed by atoms with Gasteiger partial charge in [-0.2, -0.15) is 0 Å². The molecule has 0 saturated heterocycles. The molecular formula is C49H29N3S. The molecule has 4 heteroatoms. The van der Waals surface area contributed by atoms with E-state index in [1.54, 1.807) is 11.3 Å². The minimum atomic E-state index is 0.730. The highest BCUT2D eigenvalue weighted by Gasteiger charge is 2.30. The van der Waals surface area contributed by atoms with Crippen molar-refractivity contribution in [3.63, 3.8) is 0 Å². The SMILES string of the molecule is c1ccc2c(c1)Cc1c-2cccc1-c1nc(-c2ccccc2N2c3ccc4ccccc4c3-c3cccc4cccc2c34)nc2c1sc1ccccc12. The van der Waals surface area contributed by atoms with Crippen LogP contribution in [-0.2, 0) is 6.42 Å². The second-order valence-electron chi connectivity index (χ2n) is 14.1. The predicted molar refractivity (Wildman–Crippen MR) is 223 cm³/mol. The minimum absolute atomic E-state index is 0.730. The molecule has 1 aliphatic carbocycles. The smallest absolute Gasteiger partial charge is 0.162 e. The van der Waals surface area contributed by atoms with Crippen LogP contribution in [0, 0.1) is 0 Å². The molecule has 0 amide bonds. The van der Waals surface area contributed by atoms with E-state index in [0.717, 1.165) is 50.8 Å². The molecule has 53 heavy (non-hydrogen) atoms. The van der Waals surface area contributed by atoms with Gasteiger partial charge in [0.05, 0.1) is 33.0 Å². The molecule has 0 N–H and O–H groups in total. The average Bonchev–Trinajstić information content (AvgIpc) is 3.79. The summed E-state index contributed by atoms with van der Waals surface area (Å²) in [4.78, 5) is 13.5. The lowest BCUT2D eigenvalue weighted by Crippen LogP contribution is -2.16. The molecule has 12 rings (SSSR count). The number of anilines is 3. The van der Waals surface area contributed by atoms with E-state index in [9.17, 15) is 0 Å². The normalized spacial score (nSPS) is 12.8. The first-order chi connectivity index (χ1) is 26.3. The quantitative estimate of drug-likeness (QED) is 0.185. The van der Waals surface area contributed by atoms with Gasteiger partial charge in [0.2, 0.25) is 0 Å². The number of nitrogens with zero attached hydrogens (tertiary/aromatic N) is 3. The topological polar surface area (TPSA) is 29.0 Å². The Morgan fingerprint density at radius 1 is 0.472 bits per heavy atom. The number of aromatic nitrogens is 2. The molecule has 2 aromatic heterocycles. The maximum Gasteiger partial charge on any atom is 0.162 e. The Bertz CT molecular complexity index is 3170. The fourth-order valence-electron chi connectivity index (χ4n) is 8.97. The summed E-state index contributed by atoms with van der Waals surface area (Å²) in [6, 6.07) is 59.5. The second-order valence-corrected chi connectivity index (χ2v) is 15.1. The van der Waals surface area contributed by atoms with E-state index in [4.69, 9.17) is 9.97 Å². The highest BCUT2D eigenvalue weighted by molar-refractivity contribution is 7.26. The van der Waals surface area contributed by atoms with Crippen LogP contribution in [0.2, 0.25) is 0 Å². The van der Waals surface area contributed by atoms with Crippen molar-refractivity contribution in [2.24, 2.45) is 0 Å². The van der Waals surface area contributed by atoms with Crippen molar-refractivity contribution in [2.45, 2.75) is 6.42 Å². The van der Waals surface area contributed by atoms with Crippen molar-refractivity contribution in [3.8, 4) is 44.9 Å². The number of para-hydroxylation sites is 1. The van der Waals surface area contributed by atoms with Gasteiger partial charge >= 0.3 is 0 Å². The molecule has 8 aromatic carbocycles. The lowest BCUT2D eigenvalue weighted by atomic mass is 9.87. The maximum absolute atomic E-state index is 5.60. The molecule has 2 aliphatic rings. The van der Waals surface area contributed by atoms with Crippen LogP contribution in [-0.4, -0.2) is 9.97 Å². The largest absolute Gasteiger partial charge is 0.308 e. The first-order valence-corrected chi connectivity index (χ1v) is 18.9. The van der Waals surface area contributed by atoms with Crippen LogP contribution < -0.4 is 4.90 Å². The zero-order chi connectivity index (χ0) is 34.6. The van der Waals surface area contributed by atoms with E-state index < -0.39 is 0 Å². The van der Waals surface area contributed by atoms with E-state index in [1.807, 2.05) is 0 Å². The molecule has 10 aromatic rings. The zero-order valence-corrected chi connectivity index (χ0v) is 29.4. The third-order valence-electron chi connectivity index (χ3n) is 11.3. The van der Waals surface area contributed by atoms with Crippen LogP contribution in [0.25, 0.3) is 86.7 Å². The van der Waals surface area contributed by atoms with Gasteiger partial charge in [-0.1, -0.05) is 133 Å². The fraction of sp³-hybridized carbons (Fsp3) is 0.0204. The second kappa shape index (κ2) is 10.9. The van der Waals surface area contributed by atoms with Gasteiger partial charge in [0.25, 0.3) is 0 Å². The average molecular weight is 692 g/mol. The van der Waals surface area contributed by atoms with Gasteiger partial charge in [-0.05, 0) is 80.7 Å². The molecule has 0 unspecified atom stereocenters. The molecular weight excluding hydrogens is 663 g/mol. The first-order valence-electron chi connectivity index (χ1n) is 18.1. The van der Waals surface area contributed by atoms with E-state index in [-0.39, 0.29) is 0 Å². The Morgan fingerprint density at radius 2 is 1.15 bits per heavy atom. The standard InChI is InChI=1S/C49H29N3S/c1-4-17-33-29(12-1)26-27-42-45(33)38-22-9-14-30-15-10-24-41(44(30)38)52(42)40-23-7-5-18-36(40)49-50-46(48-47(51-49)37-19-6-8-25-43(37)53-48)35-21-11-20-34-32-16-3-2-13-31(32)28-39(34)35/h1-27H,28H2. The number of hydrogen-bond donors (Lipinski definition) is 0. The van der Waals surface area contributed by atoms with Crippen molar-refractivity contribution >= 4 is 70.2 Å². The first kappa shape index (κ1) is 29.0. The summed E-state index contributed by atoms with van der Waals surface area (Å²) in [6.45, 7) is 0. The number of benzene rings is 8. The van der Waals surface area contributed by atoms with Crippen molar-refractivity contribution < 1.29 is 0 Å². The molecule has 0 bridgehead atoms.